The van der Waals surface area contributed by atoms with Crippen molar-refractivity contribution in [3.8, 4) is 0 Å². The van der Waals surface area contributed by atoms with Gasteiger partial charge in [-0.05, 0) is 23.8 Å². The predicted molar refractivity (Wildman–Crippen MR) is 104 cm³/mol. The molecule has 0 aliphatic heterocycles. The lowest BCUT2D eigenvalue weighted by atomic mass is 9.93. The van der Waals surface area contributed by atoms with Crippen LogP contribution in [0.25, 0.3) is 0 Å². The molecule has 0 unspecified atom stereocenters. The zero-order valence-electron chi connectivity index (χ0n) is 16.7. The summed E-state index contributed by atoms with van der Waals surface area (Å²) in [6, 6.07) is 8.91. The van der Waals surface area contributed by atoms with Gasteiger partial charge in [-0.25, -0.2) is 9.59 Å². The van der Waals surface area contributed by atoms with E-state index in [2.05, 4.69) is 5.32 Å². The number of carboxylic acids is 1. The Balaban J connectivity index is 2.74. The van der Waals surface area contributed by atoms with Crippen molar-refractivity contribution in [1.29, 1.82) is 0 Å². The summed E-state index contributed by atoms with van der Waals surface area (Å²) >= 11 is 0. The van der Waals surface area contributed by atoms with Crippen LogP contribution < -0.4 is 5.32 Å². The van der Waals surface area contributed by atoms with Crippen LogP contribution in [0.3, 0.4) is 0 Å². The zero-order valence-corrected chi connectivity index (χ0v) is 17.5. The van der Waals surface area contributed by atoms with Gasteiger partial charge in [0.2, 0.25) is 0 Å². The fourth-order valence-electron chi connectivity index (χ4n) is 2.22. The van der Waals surface area contributed by atoms with Crippen LogP contribution in [0.15, 0.2) is 30.3 Å². The number of hydrogen-bond acceptors (Lipinski definition) is 6. The zero-order chi connectivity index (χ0) is 21.4. The molecule has 1 aromatic carbocycles. The predicted octanol–water partition coefficient (Wildman–Crippen LogP) is 2.93. The molecule has 0 fully saturated rings. The number of rotatable bonds is 10. The lowest BCUT2D eigenvalue weighted by Crippen LogP contribution is -2.55. The normalized spacial score (nSPS) is 14.1. The third kappa shape index (κ3) is 8.26. The summed E-state index contributed by atoms with van der Waals surface area (Å²) in [6.45, 7) is 6.96. The van der Waals surface area contributed by atoms with Crippen molar-refractivity contribution in [2.24, 2.45) is 5.41 Å². The average molecular weight is 416 g/mol. The van der Waals surface area contributed by atoms with Gasteiger partial charge in [-0.15, -0.1) is 0 Å². The fourth-order valence-corrected chi connectivity index (χ4v) is 3.47. The molecule has 2 N–H and O–H groups in total. The van der Waals surface area contributed by atoms with Crippen LogP contribution in [-0.2, 0) is 30.4 Å². The topological polar surface area (TPSA) is 119 Å². The summed E-state index contributed by atoms with van der Waals surface area (Å²) in [5.74, 6) is -1.87. The van der Waals surface area contributed by atoms with Crippen LogP contribution in [0, 0.1) is 5.41 Å². The molecule has 0 aliphatic rings. The second-order valence-electron chi connectivity index (χ2n) is 7.76. The molecule has 0 bridgehead atoms. The number of aliphatic carboxylic acids is 1. The van der Waals surface area contributed by atoms with Gasteiger partial charge in [0.05, 0.1) is 12.4 Å². The summed E-state index contributed by atoms with van der Waals surface area (Å²) in [5.41, 5.74) is -1.39. The minimum Gasteiger partial charge on any atom is -0.480 e. The van der Waals surface area contributed by atoms with E-state index in [1.807, 2.05) is 26.8 Å². The Hall–Kier alpha value is -2.13. The molecule has 1 aromatic rings. The summed E-state index contributed by atoms with van der Waals surface area (Å²) < 4.78 is 34.2. The quantitative estimate of drug-likeness (QED) is 0.564. The van der Waals surface area contributed by atoms with Crippen molar-refractivity contribution in [2.75, 3.05) is 12.4 Å². The van der Waals surface area contributed by atoms with Gasteiger partial charge in [0.15, 0.2) is 0 Å². The monoisotopic (exact) mass is 415 g/mol. The van der Waals surface area contributed by atoms with Gasteiger partial charge in [0.25, 0.3) is 10.1 Å². The van der Waals surface area contributed by atoms with Crippen molar-refractivity contribution in [1.82, 2.24) is 5.32 Å². The van der Waals surface area contributed by atoms with Gasteiger partial charge >= 0.3 is 12.1 Å². The van der Waals surface area contributed by atoms with Gasteiger partial charge in [0.1, 0.15) is 12.1 Å². The maximum atomic E-state index is 12.1. The van der Waals surface area contributed by atoms with Gasteiger partial charge in [-0.3, -0.25) is 4.18 Å². The number of hydrogen-bond donors (Lipinski definition) is 2. The molecule has 0 radical (unpaired) electrons. The Morgan fingerprint density at radius 2 is 1.75 bits per heavy atom. The first-order valence-corrected chi connectivity index (χ1v) is 10.6. The average Bonchev–Trinajstić information content (AvgIpc) is 2.62. The summed E-state index contributed by atoms with van der Waals surface area (Å²) in [4.78, 5) is 23.9. The van der Waals surface area contributed by atoms with Crippen molar-refractivity contribution in [3.63, 3.8) is 0 Å². The van der Waals surface area contributed by atoms with Crippen molar-refractivity contribution < 1.29 is 32.0 Å². The lowest BCUT2D eigenvalue weighted by Gasteiger charge is -2.29. The van der Waals surface area contributed by atoms with Crippen molar-refractivity contribution in [2.45, 2.75) is 52.7 Å². The Bertz CT molecular complexity index is 756. The third-order valence-electron chi connectivity index (χ3n) is 4.02. The van der Waals surface area contributed by atoms with E-state index in [-0.39, 0.29) is 31.5 Å². The molecule has 1 rings (SSSR count). The minimum atomic E-state index is -3.94. The highest BCUT2D eigenvalue weighted by Gasteiger charge is 2.40. The van der Waals surface area contributed by atoms with E-state index >= 15 is 0 Å². The van der Waals surface area contributed by atoms with E-state index in [0.29, 0.717) is 0 Å². The second-order valence-corrected chi connectivity index (χ2v) is 9.52. The van der Waals surface area contributed by atoms with E-state index in [1.54, 1.807) is 31.2 Å². The van der Waals surface area contributed by atoms with E-state index < -0.39 is 33.5 Å². The van der Waals surface area contributed by atoms with Crippen LogP contribution in [0.2, 0.25) is 0 Å². The SMILES string of the molecule is CC[C@@](CCS(=O)(=O)OCC(C)(C)C)(NC(=O)OCc1ccccc1)C(=O)O. The molecule has 0 heterocycles. The lowest BCUT2D eigenvalue weighted by molar-refractivity contribution is -0.145. The first-order chi connectivity index (χ1) is 12.9. The van der Waals surface area contributed by atoms with Gasteiger partial charge < -0.3 is 15.2 Å². The van der Waals surface area contributed by atoms with Gasteiger partial charge in [-0.2, -0.15) is 8.42 Å². The number of carbonyl (C=O) groups excluding carboxylic acids is 1. The third-order valence-corrected chi connectivity index (χ3v) is 5.20. The fraction of sp³-hybridized carbons (Fsp3) is 0.579. The first-order valence-electron chi connectivity index (χ1n) is 8.98. The molecule has 158 valence electrons. The van der Waals surface area contributed by atoms with E-state index in [0.717, 1.165) is 5.56 Å². The van der Waals surface area contributed by atoms with Crippen LogP contribution in [-0.4, -0.2) is 43.5 Å². The molecule has 9 heteroatoms. The second kappa shape index (κ2) is 9.88. The molecule has 8 nitrogen and oxygen atoms in total. The molecule has 0 spiro atoms. The summed E-state index contributed by atoms with van der Waals surface area (Å²) in [5, 5.41) is 11.9. The Labute approximate surface area is 166 Å². The molecular weight excluding hydrogens is 386 g/mol. The number of nitrogens with one attached hydrogen (secondary N) is 1. The van der Waals surface area contributed by atoms with Crippen molar-refractivity contribution in [3.05, 3.63) is 35.9 Å². The minimum absolute atomic E-state index is 0.0163. The maximum absolute atomic E-state index is 12.1. The van der Waals surface area contributed by atoms with E-state index in [9.17, 15) is 23.1 Å². The Morgan fingerprint density at radius 3 is 2.25 bits per heavy atom. The van der Waals surface area contributed by atoms with Crippen LogP contribution in [0.5, 0.6) is 0 Å². The number of ether oxygens (including phenoxy) is 1. The molecular formula is C19H29NO7S. The highest BCUT2D eigenvalue weighted by atomic mass is 32.2. The number of carbonyl (C=O) groups is 2. The van der Waals surface area contributed by atoms with Crippen LogP contribution in [0.4, 0.5) is 4.79 Å². The smallest absolute Gasteiger partial charge is 0.408 e. The van der Waals surface area contributed by atoms with E-state index in [4.69, 9.17) is 8.92 Å². The van der Waals surface area contributed by atoms with Gasteiger partial charge in [-0.1, -0.05) is 58.0 Å². The first kappa shape index (κ1) is 23.9. The Morgan fingerprint density at radius 1 is 1.14 bits per heavy atom. The number of carboxylic acid groups (broad SMARTS) is 1. The Kier molecular flexibility index (Phi) is 8.44. The molecule has 1 atom stereocenters. The highest BCUT2D eigenvalue weighted by molar-refractivity contribution is 7.86. The molecule has 0 saturated heterocycles. The summed E-state index contributed by atoms with van der Waals surface area (Å²) in [6.07, 6.45) is -1.29. The summed E-state index contributed by atoms with van der Waals surface area (Å²) in [7, 11) is -3.94. The van der Waals surface area contributed by atoms with Crippen LogP contribution >= 0.6 is 0 Å². The van der Waals surface area contributed by atoms with Crippen molar-refractivity contribution >= 4 is 22.2 Å². The number of benzene rings is 1. The molecule has 0 aliphatic carbocycles. The number of amides is 1. The molecule has 0 saturated carbocycles. The number of alkyl carbamates (subject to hydrolysis) is 1. The largest absolute Gasteiger partial charge is 0.480 e. The standard InChI is InChI=1S/C19H29NO7S/c1-5-19(16(21)22,11-12-28(24,25)27-14-18(2,3)4)20-17(23)26-13-15-9-7-6-8-10-15/h6-10H,5,11-14H2,1-4H3,(H,20,23)(H,21,22)/t19-/m0/s1. The van der Waals surface area contributed by atoms with E-state index in [1.165, 1.54) is 0 Å². The molecule has 1 amide bonds. The molecule has 28 heavy (non-hydrogen) atoms. The van der Waals surface area contributed by atoms with Gasteiger partial charge in [0, 0.05) is 0 Å². The maximum Gasteiger partial charge on any atom is 0.408 e. The highest BCUT2D eigenvalue weighted by Crippen LogP contribution is 2.20. The molecule has 0 aromatic heterocycles. The van der Waals surface area contributed by atoms with Crippen LogP contribution in [0.1, 0.15) is 46.1 Å².